The summed E-state index contributed by atoms with van der Waals surface area (Å²) < 4.78 is 11.8. The Hall–Kier alpha value is -7.53. The third-order valence-corrected chi connectivity index (χ3v) is 20.9. The molecule has 0 spiro atoms. The van der Waals surface area contributed by atoms with E-state index in [1.165, 1.54) is 22.3 Å². The summed E-state index contributed by atoms with van der Waals surface area (Å²) in [5.41, 5.74) is 13.9. The Balaban J connectivity index is 0.716. The van der Waals surface area contributed by atoms with Gasteiger partial charge in [0.1, 0.15) is 19.3 Å². The number of unbranched alkanes of at least 4 members (excludes halogenated alkanes) is 1. The number of aryl methyl sites for hydroxylation is 3. The molecule has 6 aliphatic carbocycles. The van der Waals surface area contributed by atoms with E-state index < -0.39 is 34.5 Å². The number of carbonyl (C=O) groups is 5. The van der Waals surface area contributed by atoms with Crippen molar-refractivity contribution >= 4 is 35.6 Å². The largest absolute Gasteiger partial charge is 0.449 e. The number of hydrogen-bond acceptors (Lipinski definition) is 7. The van der Waals surface area contributed by atoms with Crippen LogP contribution in [0.15, 0.2) is 133 Å². The first-order valence-corrected chi connectivity index (χ1v) is 30.2. The zero-order chi connectivity index (χ0) is 57.0. The van der Waals surface area contributed by atoms with E-state index in [0.29, 0.717) is 31.5 Å². The van der Waals surface area contributed by atoms with Gasteiger partial charge >= 0.3 is 12.2 Å². The van der Waals surface area contributed by atoms with Crippen LogP contribution in [0, 0.1) is 29.6 Å². The van der Waals surface area contributed by atoms with Crippen LogP contribution in [0.2, 0.25) is 0 Å². The van der Waals surface area contributed by atoms with Crippen molar-refractivity contribution in [2.45, 2.75) is 147 Å². The van der Waals surface area contributed by atoms with Gasteiger partial charge in [0.15, 0.2) is 0 Å². The van der Waals surface area contributed by atoms with Crippen molar-refractivity contribution in [1.29, 1.82) is 0 Å². The topological polar surface area (TPSA) is 152 Å². The molecule has 0 aromatic heterocycles. The Kier molecular flexibility index (Phi) is 14.8. The number of ether oxygens (including phenoxy) is 2. The van der Waals surface area contributed by atoms with Crippen LogP contribution in [-0.4, -0.2) is 55.7 Å². The maximum Gasteiger partial charge on any atom is 0.407 e. The number of anilines is 1. The number of carbonyl (C=O) groups excluding carboxylic acids is 5. The summed E-state index contributed by atoms with van der Waals surface area (Å²) in [6.45, 7) is 11.6. The standard InChI is InChI=1S/C71H78N4O7/c1-44-27-28-45-30-33-61-68(2,58(45)40-44)35-16-37-70(61,4)64(77)75-65(78)71(5)38-17-36-69(3)59-41-47(32-29-46(59)31-34-62(69)71)73-63(76)60(74-67(80)82-43-57-54-24-12-8-20-50(54)51-21-9-13-25-55(51)57)26-14-15-39-72-66(79)81-42-56-52-22-10-6-18-48(52)49-19-7-11-23-53(49)56/h6-13,18-25,27-29,32,40-41,56-57,60-62H,14-17,26,30-31,33-39,42-43H2,1-5H3,(H,72,79)(H,73,76)(H,74,80)(H,75,77,78)/t60-,61+,62+,68+,69+,70-,71-/m0/s1. The molecular formula is C71H78N4O7. The van der Waals surface area contributed by atoms with Gasteiger partial charge in [-0.05, 0) is 179 Å². The summed E-state index contributed by atoms with van der Waals surface area (Å²) in [6.07, 6.45) is 8.66. The Morgan fingerprint density at radius 3 is 1.52 bits per heavy atom. The first-order valence-electron chi connectivity index (χ1n) is 30.2. The summed E-state index contributed by atoms with van der Waals surface area (Å²) in [5.74, 6) is -0.808. The van der Waals surface area contributed by atoms with E-state index in [2.05, 4.69) is 135 Å². The Labute approximate surface area is 483 Å². The third-order valence-electron chi connectivity index (χ3n) is 20.9. The van der Waals surface area contributed by atoms with E-state index >= 15 is 0 Å². The second kappa shape index (κ2) is 22.0. The van der Waals surface area contributed by atoms with Crippen molar-refractivity contribution in [2.24, 2.45) is 22.7 Å². The van der Waals surface area contributed by atoms with Gasteiger partial charge in [-0.1, -0.05) is 167 Å². The predicted octanol–water partition coefficient (Wildman–Crippen LogP) is 13.9. The van der Waals surface area contributed by atoms with Crippen molar-refractivity contribution in [3.8, 4) is 22.3 Å². The van der Waals surface area contributed by atoms with Gasteiger partial charge in [-0.25, -0.2) is 9.59 Å². The zero-order valence-corrected chi connectivity index (χ0v) is 48.3. The molecule has 11 nitrogen and oxygen atoms in total. The molecule has 82 heavy (non-hydrogen) atoms. The molecule has 5 amide bonds. The molecule has 6 aromatic carbocycles. The highest BCUT2D eigenvalue weighted by atomic mass is 16.6. The van der Waals surface area contributed by atoms with Crippen molar-refractivity contribution in [3.63, 3.8) is 0 Å². The lowest BCUT2D eigenvalue weighted by Crippen LogP contribution is -2.60. The molecule has 6 aromatic rings. The minimum atomic E-state index is -0.958. The summed E-state index contributed by atoms with van der Waals surface area (Å²) in [5, 5.41) is 12.1. The van der Waals surface area contributed by atoms with Crippen LogP contribution in [0.3, 0.4) is 0 Å². The van der Waals surface area contributed by atoms with Crippen molar-refractivity contribution in [1.82, 2.24) is 16.0 Å². The lowest BCUT2D eigenvalue weighted by atomic mass is 9.49. The number of fused-ring (bicyclic) bond motifs is 12. The fraction of sp³-hybridized carbons (Fsp3) is 0.423. The number of nitrogens with one attached hydrogen (secondary N) is 4. The molecule has 0 aliphatic heterocycles. The molecule has 7 atom stereocenters. The lowest BCUT2D eigenvalue weighted by molar-refractivity contribution is -0.150. The van der Waals surface area contributed by atoms with Crippen LogP contribution in [0.4, 0.5) is 15.3 Å². The Morgan fingerprint density at radius 2 is 1.01 bits per heavy atom. The lowest BCUT2D eigenvalue weighted by Gasteiger charge is -2.56. The second-order valence-corrected chi connectivity index (χ2v) is 25.6. The van der Waals surface area contributed by atoms with Crippen LogP contribution >= 0.6 is 0 Å². The van der Waals surface area contributed by atoms with E-state index in [-0.39, 0.29) is 66.4 Å². The smallest absolute Gasteiger partial charge is 0.407 e. The van der Waals surface area contributed by atoms with E-state index in [1.807, 2.05) is 54.6 Å². The highest BCUT2D eigenvalue weighted by molar-refractivity contribution is 6.01. The number of rotatable bonds is 14. The zero-order valence-electron chi connectivity index (χ0n) is 48.3. The highest BCUT2D eigenvalue weighted by Crippen LogP contribution is 2.60. The fourth-order valence-electron chi connectivity index (χ4n) is 16.6. The summed E-state index contributed by atoms with van der Waals surface area (Å²) in [4.78, 5) is 71.4. The number of hydrogen-bond donors (Lipinski definition) is 4. The van der Waals surface area contributed by atoms with Crippen LogP contribution in [0.1, 0.15) is 160 Å². The van der Waals surface area contributed by atoms with Crippen LogP contribution in [0.5, 0.6) is 0 Å². The van der Waals surface area contributed by atoms with Gasteiger partial charge in [-0.15, -0.1) is 0 Å². The Morgan fingerprint density at radius 1 is 0.549 bits per heavy atom. The second-order valence-electron chi connectivity index (χ2n) is 25.6. The molecule has 0 saturated heterocycles. The van der Waals surface area contributed by atoms with E-state index in [1.54, 1.807) is 0 Å². The average molecular weight is 1100 g/mol. The normalized spacial score (nSPS) is 25.0. The van der Waals surface area contributed by atoms with Crippen molar-refractivity contribution < 1.29 is 33.4 Å². The maximum absolute atomic E-state index is 15.0. The van der Waals surface area contributed by atoms with Gasteiger partial charge < -0.3 is 25.4 Å². The van der Waals surface area contributed by atoms with E-state index in [4.69, 9.17) is 9.47 Å². The molecule has 12 rings (SSSR count). The van der Waals surface area contributed by atoms with Crippen molar-refractivity contribution in [3.05, 3.63) is 184 Å². The molecule has 424 valence electrons. The van der Waals surface area contributed by atoms with Gasteiger partial charge in [-0.3, -0.25) is 19.7 Å². The predicted molar refractivity (Wildman–Crippen MR) is 321 cm³/mol. The molecular weight excluding hydrogens is 1020 g/mol. The van der Waals surface area contributed by atoms with Gasteiger partial charge in [0.25, 0.3) is 0 Å². The molecule has 2 fully saturated rings. The molecule has 11 heteroatoms. The van der Waals surface area contributed by atoms with E-state index in [9.17, 15) is 24.0 Å². The summed E-state index contributed by atoms with van der Waals surface area (Å²) in [6, 6.07) is 44.7. The highest BCUT2D eigenvalue weighted by Gasteiger charge is 2.58. The molecule has 0 heterocycles. The molecule has 4 N–H and O–H groups in total. The SMILES string of the molecule is Cc1ccc2c(c1)[C@@]1(C)CCC[C@](C)(C(=O)NC(=O)[C@@]3(C)CCC[C@]4(C)c5cc(NC(=O)[C@H](CCCCNC(=O)OCC6c7ccccc7-c7ccccc76)NC(=O)OCC6c7ccccc7-c7ccccc76)ccc5CC[C@@H]34)[C@@H]1CC2. The van der Waals surface area contributed by atoms with Crippen LogP contribution < -0.4 is 21.3 Å². The Bertz CT molecular complexity index is 3410. The third kappa shape index (κ3) is 9.79. The summed E-state index contributed by atoms with van der Waals surface area (Å²) in [7, 11) is 0. The van der Waals surface area contributed by atoms with E-state index in [0.717, 1.165) is 108 Å². The maximum atomic E-state index is 15.0. The minimum Gasteiger partial charge on any atom is -0.449 e. The first kappa shape index (κ1) is 55.0. The fourth-order valence-corrected chi connectivity index (χ4v) is 16.6. The van der Waals surface area contributed by atoms with Gasteiger partial charge in [0, 0.05) is 24.1 Å². The number of imide groups is 1. The van der Waals surface area contributed by atoms with Gasteiger partial charge in [0.05, 0.1) is 10.8 Å². The van der Waals surface area contributed by atoms with Crippen LogP contribution in [0.25, 0.3) is 22.3 Å². The van der Waals surface area contributed by atoms with Gasteiger partial charge in [0.2, 0.25) is 17.7 Å². The number of amides is 5. The van der Waals surface area contributed by atoms with Crippen LogP contribution in [-0.2, 0) is 47.5 Å². The van der Waals surface area contributed by atoms with Gasteiger partial charge in [-0.2, -0.15) is 0 Å². The minimum absolute atomic E-state index is 0.0426. The molecule has 2 saturated carbocycles. The molecule has 0 bridgehead atoms. The molecule has 6 aliphatic rings. The molecule has 0 radical (unpaired) electrons. The number of alkyl carbamates (subject to hydrolysis) is 2. The quantitative estimate of drug-likeness (QED) is 0.0626. The monoisotopic (exact) mass is 1100 g/mol. The van der Waals surface area contributed by atoms with Crippen molar-refractivity contribution in [2.75, 3.05) is 25.1 Å². The first-order chi connectivity index (χ1) is 39.6. The summed E-state index contributed by atoms with van der Waals surface area (Å²) >= 11 is 0. The average Bonchev–Trinajstić information content (AvgIpc) is 3.07. The number of benzene rings is 6. The molecule has 0 unspecified atom stereocenters.